The van der Waals surface area contributed by atoms with E-state index in [4.69, 9.17) is 25.7 Å². The molecule has 2 unspecified atom stereocenters. The number of carbonyl (C=O) groups is 3. The van der Waals surface area contributed by atoms with Crippen molar-refractivity contribution in [1.82, 2.24) is 9.88 Å². The second-order valence-electron chi connectivity index (χ2n) is 8.09. The normalized spacial score (nSPS) is 16.9. The summed E-state index contributed by atoms with van der Waals surface area (Å²) in [5.74, 6) is -2.05. The Labute approximate surface area is 217 Å². The molecule has 0 bridgehead atoms. The summed E-state index contributed by atoms with van der Waals surface area (Å²) in [5.41, 5.74) is 0.456. The molecule has 194 valence electrons. The summed E-state index contributed by atoms with van der Waals surface area (Å²) in [5, 5.41) is 2.53. The number of hydrogen-bond acceptors (Lipinski definition) is 7. The zero-order valence-electron chi connectivity index (χ0n) is 20.0. The molecule has 1 N–H and O–H groups in total. The van der Waals surface area contributed by atoms with E-state index in [1.54, 1.807) is 37.3 Å². The first-order valence-corrected chi connectivity index (χ1v) is 11.7. The Morgan fingerprint density at radius 1 is 1.24 bits per heavy atom. The van der Waals surface area contributed by atoms with Crippen LogP contribution >= 0.6 is 11.8 Å². The fourth-order valence-electron chi connectivity index (χ4n) is 3.98. The van der Waals surface area contributed by atoms with Crippen LogP contribution in [0.4, 0.5) is 20.6 Å². The molecule has 2 atom stereocenters. The average molecular weight is 531 g/mol. The molecule has 1 fully saturated rings. The lowest BCUT2D eigenvalue weighted by atomic mass is 10.1. The number of urea groups is 1. The molecule has 1 aromatic heterocycles. The number of para-hydroxylation sites is 1. The number of amides is 3. The van der Waals surface area contributed by atoms with Crippen LogP contribution in [0.5, 0.6) is 0 Å². The molecule has 3 amide bonds. The van der Waals surface area contributed by atoms with Gasteiger partial charge in [-0.2, -0.15) is 0 Å². The Bertz CT molecular complexity index is 1290. The molecular weight excluding hydrogens is 507 g/mol. The van der Waals surface area contributed by atoms with Crippen molar-refractivity contribution in [1.29, 1.82) is 0 Å². The summed E-state index contributed by atoms with van der Waals surface area (Å²) < 4.78 is 31.5. The molecule has 0 aliphatic carbocycles. The number of halogens is 2. The molecule has 0 spiro atoms. The maximum atomic E-state index is 15.0. The molecule has 10 nitrogen and oxygen atoms in total. The van der Waals surface area contributed by atoms with Crippen molar-refractivity contribution in [2.75, 3.05) is 30.0 Å². The largest absolute Gasteiger partial charge is 0.461 e. The van der Waals surface area contributed by atoms with E-state index in [0.717, 1.165) is 16.9 Å². The SMILES string of the molecule is CCOC(=O)c1ncoc1-c1ccc(NC(=O)C2CC(OC)CN2C(=O)N(Cl)c2ccccc2)c(F)c1. The predicted molar refractivity (Wildman–Crippen MR) is 133 cm³/mol. The highest BCUT2D eigenvalue weighted by atomic mass is 35.5. The highest BCUT2D eigenvalue weighted by Gasteiger charge is 2.42. The molecule has 1 aliphatic rings. The van der Waals surface area contributed by atoms with Gasteiger partial charge in [-0.3, -0.25) is 4.79 Å². The summed E-state index contributed by atoms with van der Waals surface area (Å²) in [6.45, 7) is 1.92. The Kier molecular flexibility index (Phi) is 8.04. The van der Waals surface area contributed by atoms with Crippen LogP contribution in [0.3, 0.4) is 0 Å². The van der Waals surface area contributed by atoms with Crippen molar-refractivity contribution in [3.05, 3.63) is 66.4 Å². The van der Waals surface area contributed by atoms with Crippen LogP contribution in [0, 0.1) is 5.82 Å². The number of methoxy groups -OCH3 is 1. The zero-order valence-corrected chi connectivity index (χ0v) is 20.8. The third-order valence-corrected chi connectivity index (χ3v) is 6.16. The fourth-order valence-corrected chi connectivity index (χ4v) is 4.19. The number of nitrogens with zero attached hydrogens (tertiary/aromatic N) is 3. The standard InChI is InChI=1S/C25H24ClFN4O6/c1-3-36-24(33)21-22(37-14-28-21)15-9-10-19(18(27)11-15)29-23(32)20-12-17(35-2)13-30(20)25(34)31(26)16-7-5-4-6-8-16/h4-11,14,17,20H,3,12-13H2,1-2H3,(H,29,32). The fraction of sp³-hybridized carbons (Fsp3) is 0.280. The van der Waals surface area contributed by atoms with E-state index in [1.807, 2.05) is 0 Å². The lowest BCUT2D eigenvalue weighted by molar-refractivity contribution is -0.119. The Morgan fingerprint density at radius 3 is 2.68 bits per heavy atom. The summed E-state index contributed by atoms with van der Waals surface area (Å²) in [4.78, 5) is 43.5. The topological polar surface area (TPSA) is 114 Å². The summed E-state index contributed by atoms with van der Waals surface area (Å²) >= 11 is 6.27. The molecule has 1 aliphatic heterocycles. The zero-order chi connectivity index (χ0) is 26.5. The van der Waals surface area contributed by atoms with E-state index < -0.39 is 35.9 Å². The molecule has 4 rings (SSSR count). The van der Waals surface area contributed by atoms with Crippen LogP contribution in [0.15, 0.2) is 59.3 Å². The quantitative estimate of drug-likeness (QED) is 0.354. The van der Waals surface area contributed by atoms with Crippen molar-refractivity contribution in [3.63, 3.8) is 0 Å². The lowest BCUT2D eigenvalue weighted by Gasteiger charge is -2.27. The summed E-state index contributed by atoms with van der Waals surface area (Å²) in [6.07, 6.45) is 0.859. The highest BCUT2D eigenvalue weighted by molar-refractivity contribution is 6.36. The van der Waals surface area contributed by atoms with Crippen molar-refractivity contribution >= 4 is 41.1 Å². The van der Waals surface area contributed by atoms with Crippen LogP contribution in [0.25, 0.3) is 11.3 Å². The third-order valence-electron chi connectivity index (χ3n) is 5.82. The first-order valence-electron chi connectivity index (χ1n) is 11.4. The molecule has 1 saturated heterocycles. The first kappa shape index (κ1) is 26.1. The van der Waals surface area contributed by atoms with Gasteiger partial charge >= 0.3 is 12.0 Å². The maximum absolute atomic E-state index is 15.0. The minimum Gasteiger partial charge on any atom is -0.461 e. The Balaban J connectivity index is 1.52. The van der Waals surface area contributed by atoms with E-state index in [1.165, 1.54) is 24.1 Å². The van der Waals surface area contributed by atoms with Gasteiger partial charge in [-0.15, -0.1) is 0 Å². The molecule has 12 heteroatoms. The minimum absolute atomic E-state index is 0.0360. The monoisotopic (exact) mass is 530 g/mol. The molecule has 2 aromatic carbocycles. The number of oxazole rings is 1. The molecule has 3 aromatic rings. The number of anilines is 2. The Morgan fingerprint density at radius 2 is 2.00 bits per heavy atom. The van der Waals surface area contributed by atoms with Crippen LogP contribution in [-0.2, 0) is 14.3 Å². The molecule has 2 heterocycles. The maximum Gasteiger partial charge on any atom is 0.360 e. The second-order valence-corrected chi connectivity index (χ2v) is 8.43. The smallest absolute Gasteiger partial charge is 0.360 e. The number of likely N-dealkylation sites (tertiary alicyclic amines) is 1. The van der Waals surface area contributed by atoms with Crippen molar-refractivity contribution in [3.8, 4) is 11.3 Å². The molecule has 0 saturated carbocycles. The van der Waals surface area contributed by atoms with Crippen molar-refractivity contribution < 1.29 is 32.7 Å². The third kappa shape index (κ3) is 5.57. The van der Waals surface area contributed by atoms with Crippen LogP contribution in [0.1, 0.15) is 23.8 Å². The number of aromatic nitrogens is 1. The Hall–Kier alpha value is -3.96. The highest BCUT2D eigenvalue weighted by Crippen LogP contribution is 2.29. The predicted octanol–water partition coefficient (Wildman–Crippen LogP) is 4.47. The average Bonchev–Trinajstić information content (AvgIpc) is 3.57. The van der Waals surface area contributed by atoms with Gasteiger partial charge in [0.1, 0.15) is 11.9 Å². The van der Waals surface area contributed by atoms with Gasteiger partial charge in [0.2, 0.25) is 5.91 Å². The second kappa shape index (κ2) is 11.4. The van der Waals surface area contributed by atoms with Crippen LogP contribution < -0.4 is 9.74 Å². The van der Waals surface area contributed by atoms with Gasteiger partial charge in [0.25, 0.3) is 0 Å². The van der Waals surface area contributed by atoms with Gasteiger partial charge in [0.15, 0.2) is 17.8 Å². The number of nitrogens with one attached hydrogen (secondary N) is 1. The van der Waals surface area contributed by atoms with E-state index in [2.05, 4.69) is 10.3 Å². The first-order chi connectivity index (χ1) is 17.8. The molecular formula is C25H24ClFN4O6. The van der Waals surface area contributed by atoms with Crippen LogP contribution in [0.2, 0.25) is 0 Å². The van der Waals surface area contributed by atoms with Gasteiger partial charge in [-0.1, -0.05) is 18.2 Å². The van der Waals surface area contributed by atoms with Gasteiger partial charge in [-0.05, 0) is 37.3 Å². The number of ether oxygens (including phenoxy) is 2. The van der Waals surface area contributed by atoms with Gasteiger partial charge in [0.05, 0.1) is 24.1 Å². The summed E-state index contributed by atoms with van der Waals surface area (Å²) in [7, 11) is 1.48. The van der Waals surface area contributed by atoms with Gasteiger partial charge < -0.3 is 24.1 Å². The van der Waals surface area contributed by atoms with Gasteiger partial charge in [-0.25, -0.2) is 23.4 Å². The van der Waals surface area contributed by atoms with Crippen molar-refractivity contribution in [2.24, 2.45) is 0 Å². The summed E-state index contributed by atoms with van der Waals surface area (Å²) in [6, 6.07) is 10.9. The number of esters is 1. The lowest BCUT2D eigenvalue weighted by Crippen LogP contribution is -2.47. The molecule has 0 radical (unpaired) electrons. The van der Waals surface area contributed by atoms with E-state index in [-0.39, 0.29) is 42.3 Å². The number of rotatable bonds is 7. The van der Waals surface area contributed by atoms with E-state index in [0.29, 0.717) is 5.69 Å². The number of carbonyl (C=O) groups excluding carboxylic acids is 3. The van der Waals surface area contributed by atoms with E-state index in [9.17, 15) is 18.8 Å². The van der Waals surface area contributed by atoms with Crippen LogP contribution in [-0.4, -0.2) is 60.2 Å². The minimum atomic E-state index is -0.953. The number of hydrogen-bond donors (Lipinski definition) is 1. The molecule has 37 heavy (non-hydrogen) atoms. The number of benzene rings is 2. The van der Waals surface area contributed by atoms with Crippen molar-refractivity contribution in [2.45, 2.75) is 25.5 Å². The van der Waals surface area contributed by atoms with E-state index >= 15 is 0 Å². The van der Waals surface area contributed by atoms with Gasteiger partial charge in [0, 0.05) is 37.4 Å².